The number of esters is 4. The van der Waals surface area contributed by atoms with E-state index in [1.165, 1.54) is 27.7 Å². The molecule has 2 amide bonds. The Kier molecular flexibility index (Phi) is 17.0. The summed E-state index contributed by atoms with van der Waals surface area (Å²) in [6.07, 6.45) is 1.32. The molecule has 1 fully saturated rings. The third-order valence-corrected chi connectivity index (χ3v) is 9.92. The Morgan fingerprint density at radius 3 is 1.42 bits per heavy atom. The number of benzene rings is 1. The maximum Gasteiger partial charge on any atom is 0.302 e. The largest absolute Gasteiger partial charge is 0.477 e. The summed E-state index contributed by atoms with van der Waals surface area (Å²) in [5.74, 6) is -3.20. The number of aliphatic imine (C=N–C) groups is 1. The van der Waals surface area contributed by atoms with Crippen molar-refractivity contribution >= 4 is 138 Å². The zero-order valence-corrected chi connectivity index (χ0v) is 33.3. The summed E-state index contributed by atoms with van der Waals surface area (Å²) in [5.41, 5.74) is 0.512. The van der Waals surface area contributed by atoms with Crippen molar-refractivity contribution < 1.29 is 52.5 Å². The van der Waals surface area contributed by atoms with E-state index in [0.29, 0.717) is 25.1 Å². The van der Waals surface area contributed by atoms with Crippen LogP contribution >= 0.6 is 90.4 Å². The number of carbonyl (C=O) groups is 6. The first-order chi connectivity index (χ1) is 21.1. The smallest absolute Gasteiger partial charge is 0.302 e. The Balaban J connectivity index is 2.62. The van der Waals surface area contributed by atoms with Crippen LogP contribution in [0.2, 0.25) is 0 Å². The van der Waals surface area contributed by atoms with Crippen molar-refractivity contribution in [1.82, 2.24) is 10.6 Å². The molecular weight excluding hydrogens is 1050 g/mol. The van der Waals surface area contributed by atoms with Crippen molar-refractivity contribution in [3.05, 3.63) is 21.8 Å². The molecule has 18 heteroatoms. The third-order valence-electron chi connectivity index (χ3n) is 5.76. The van der Waals surface area contributed by atoms with Crippen LogP contribution in [0.4, 0.5) is 5.69 Å². The van der Waals surface area contributed by atoms with Crippen LogP contribution in [0.25, 0.3) is 0 Å². The second kappa shape index (κ2) is 19.3. The Labute approximate surface area is 314 Å². The van der Waals surface area contributed by atoms with Gasteiger partial charge in [0, 0.05) is 42.1 Å². The number of hydrogen-bond donors (Lipinski definition) is 2. The highest BCUT2D eigenvalue weighted by atomic mass is 127. The highest BCUT2D eigenvalue weighted by Gasteiger charge is 2.31. The molecule has 0 saturated carbocycles. The van der Waals surface area contributed by atoms with E-state index in [1.54, 1.807) is 0 Å². The molecule has 1 unspecified atom stereocenters. The number of hydrogen-bond acceptors (Lipinski definition) is 12. The fraction of sp³-hybridized carbons (Fsp3) is 0.519. The van der Waals surface area contributed by atoms with Gasteiger partial charge in [0.2, 0.25) is 0 Å². The molecule has 0 radical (unpaired) electrons. The van der Waals surface area contributed by atoms with Gasteiger partial charge in [-0.3, -0.25) is 28.8 Å². The van der Waals surface area contributed by atoms with Gasteiger partial charge in [0.15, 0.2) is 5.90 Å². The molecule has 0 aliphatic carbocycles. The summed E-state index contributed by atoms with van der Waals surface area (Å²) in [6.45, 7) is 3.74. The standard InChI is InChI=1S/C27H31I4N3O11/c1-12(35)41-8-16(9-42-13(2)36)32-26(39)20-22(29)21(27(40)33-17(10-43-14(3)37)11-44-15(4)38)24(31)25(23(20)30)34-19-6-5-18(7-28)45-19/h16-18H,5-11H2,1-4H3,(H,32,39)(H,33,40). The Bertz CT molecular complexity index is 1240. The van der Waals surface area contributed by atoms with Gasteiger partial charge in [0.25, 0.3) is 11.8 Å². The van der Waals surface area contributed by atoms with Gasteiger partial charge in [-0.15, -0.1) is 0 Å². The summed E-state index contributed by atoms with van der Waals surface area (Å²) < 4.78 is 28.0. The summed E-state index contributed by atoms with van der Waals surface area (Å²) >= 11 is 8.05. The molecule has 1 aliphatic rings. The van der Waals surface area contributed by atoms with E-state index in [2.05, 4.69) is 33.2 Å². The van der Waals surface area contributed by atoms with Gasteiger partial charge in [-0.1, -0.05) is 22.6 Å². The van der Waals surface area contributed by atoms with E-state index in [-0.39, 0.29) is 47.2 Å². The molecule has 1 saturated heterocycles. The van der Waals surface area contributed by atoms with Crippen LogP contribution in [0.3, 0.4) is 0 Å². The van der Waals surface area contributed by atoms with Crippen LogP contribution in [-0.4, -0.2) is 90.6 Å². The minimum Gasteiger partial charge on any atom is -0.477 e. The Morgan fingerprint density at radius 1 is 0.733 bits per heavy atom. The monoisotopic (exact) mass is 1080 g/mol. The van der Waals surface area contributed by atoms with Crippen molar-refractivity contribution in [1.29, 1.82) is 0 Å². The number of rotatable bonds is 14. The van der Waals surface area contributed by atoms with Crippen LogP contribution in [0.15, 0.2) is 4.99 Å². The molecule has 1 heterocycles. The molecule has 1 aliphatic heterocycles. The number of nitrogens with one attached hydrogen (secondary N) is 2. The van der Waals surface area contributed by atoms with E-state index in [0.717, 1.165) is 10.8 Å². The average molecular weight is 1080 g/mol. The van der Waals surface area contributed by atoms with Crippen molar-refractivity contribution in [3.63, 3.8) is 0 Å². The van der Waals surface area contributed by atoms with Gasteiger partial charge >= 0.3 is 23.9 Å². The molecule has 1 atom stereocenters. The summed E-state index contributed by atoms with van der Waals surface area (Å²) in [6, 6.07) is -1.80. The first-order valence-electron chi connectivity index (χ1n) is 13.3. The van der Waals surface area contributed by atoms with Crippen LogP contribution in [0.1, 0.15) is 61.3 Å². The molecule has 248 valence electrons. The number of nitrogens with zero attached hydrogens (tertiary/aromatic N) is 1. The van der Waals surface area contributed by atoms with Crippen molar-refractivity contribution in [2.24, 2.45) is 4.99 Å². The second-order valence-electron chi connectivity index (χ2n) is 9.53. The van der Waals surface area contributed by atoms with Crippen LogP contribution in [0, 0.1) is 10.7 Å². The lowest BCUT2D eigenvalue weighted by Crippen LogP contribution is -2.44. The Hall–Kier alpha value is -1.57. The van der Waals surface area contributed by atoms with E-state index < -0.39 is 47.8 Å². The van der Waals surface area contributed by atoms with Crippen LogP contribution in [-0.2, 0) is 42.9 Å². The number of halogens is 4. The fourth-order valence-corrected chi connectivity index (χ4v) is 8.72. The molecule has 2 rings (SSSR count). The highest BCUT2D eigenvalue weighted by Crippen LogP contribution is 2.38. The molecule has 0 aromatic heterocycles. The van der Waals surface area contributed by atoms with E-state index >= 15 is 0 Å². The molecule has 0 bridgehead atoms. The number of alkyl halides is 1. The summed E-state index contributed by atoms with van der Waals surface area (Å²) in [5, 5.41) is 5.44. The highest BCUT2D eigenvalue weighted by molar-refractivity contribution is 14.1. The van der Waals surface area contributed by atoms with Gasteiger partial charge in [-0.2, -0.15) is 0 Å². The minimum atomic E-state index is -0.900. The fourth-order valence-electron chi connectivity index (χ4n) is 3.71. The second-order valence-corrected chi connectivity index (χ2v) is 13.6. The van der Waals surface area contributed by atoms with E-state index in [9.17, 15) is 28.8 Å². The maximum absolute atomic E-state index is 13.8. The molecule has 1 aromatic rings. The molecule has 1 aromatic carbocycles. The number of ether oxygens (including phenoxy) is 5. The van der Waals surface area contributed by atoms with Gasteiger partial charge in [0.1, 0.15) is 32.5 Å². The first-order valence-corrected chi connectivity index (χ1v) is 18.1. The number of amides is 2. The van der Waals surface area contributed by atoms with Gasteiger partial charge < -0.3 is 34.3 Å². The zero-order valence-electron chi connectivity index (χ0n) is 24.6. The maximum atomic E-state index is 13.8. The first kappa shape index (κ1) is 39.6. The lowest BCUT2D eigenvalue weighted by molar-refractivity contribution is -0.146. The van der Waals surface area contributed by atoms with Crippen molar-refractivity contribution in [2.45, 2.75) is 58.7 Å². The third kappa shape index (κ3) is 12.9. The SMILES string of the molecule is CC(=O)OCC(COC(C)=O)NC(=O)c1c(I)c(N=C2CCC(CI)O2)c(I)c(C(=O)NC(COC(C)=O)COC(C)=O)c1I. The van der Waals surface area contributed by atoms with Crippen molar-refractivity contribution in [2.75, 3.05) is 30.9 Å². The van der Waals surface area contributed by atoms with Gasteiger partial charge in [0.05, 0.1) is 36.0 Å². The van der Waals surface area contributed by atoms with E-state index in [1.807, 2.05) is 67.8 Å². The lowest BCUT2D eigenvalue weighted by Gasteiger charge is -2.22. The Morgan fingerprint density at radius 2 is 1.11 bits per heavy atom. The molecule has 2 N–H and O–H groups in total. The van der Waals surface area contributed by atoms with Gasteiger partial charge in [-0.05, 0) is 74.2 Å². The average Bonchev–Trinajstić information content (AvgIpc) is 3.41. The van der Waals surface area contributed by atoms with Gasteiger partial charge in [-0.25, -0.2) is 4.99 Å². The van der Waals surface area contributed by atoms with E-state index in [4.69, 9.17) is 28.7 Å². The predicted octanol–water partition coefficient (Wildman–Crippen LogP) is 3.59. The topological polar surface area (TPSA) is 185 Å². The lowest BCUT2D eigenvalue weighted by atomic mass is 10.1. The molecule has 45 heavy (non-hydrogen) atoms. The quantitative estimate of drug-likeness (QED) is 0.120. The molecule has 14 nitrogen and oxygen atoms in total. The predicted molar refractivity (Wildman–Crippen MR) is 194 cm³/mol. The summed E-state index contributed by atoms with van der Waals surface area (Å²) in [4.78, 5) is 78.1. The molecular formula is C27H31I4N3O11. The van der Waals surface area contributed by atoms with Crippen molar-refractivity contribution in [3.8, 4) is 0 Å². The molecule has 0 spiro atoms. The normalized spacial score (nSPS) is 15.0. The minimum absolute atomic E-state index is 0.0133. The summed E-state index contributed by atoms with van der Waals surface area (Å²) in [7, 11) is 0. The van der Waals surface area contributed by atoms with Crippen LogP contribution < -0.4 is 10.6 Å². The zero-order chi connectivity index (χ0) is 33.8. The van der Waals surface area contributed by atoms with Crippen LogP contribution in [0.5, 0.6) is 0 Å². The number of carbonyl (C=O) groups excluding carboxylic acids is 6.